The van der Waals surface area contributed by atoms with Gasteiger partial charge in [-0.1, -0.05) is 6.07 Å². The van der Waals surface area contributed by atoms with Gasteiger partial charge < -0.3 is 4.90 Å². The number of carbonyl (C=O) groups is 3. The zero-order chi connectivity index (χ0) is 15.4. The summed E-state index contributed by atoms with van der Waals surface area (Å²) in [5, 5.41) is 2.33. The van der Waals surface area contributed by atoms with Crippen LogP contribution in [0.3, 0.4) is 0 Å². The Kier molecular flexibility index (Phi) is 2.84. The summed E-state index contributed by atoms with van der Waals surface area (Å²) in [5.41, 5.74) is 4.15. The van der Waals surface area contributed by atoms with Crippen molar-refractivity contribution in [2.24, 2.45) is 0 Å². The lowest BCUT2D eigenvalue weighted by atomic mass is 10.0. The Morgan fingerprint density at radius 3 is 2.50 bits per heavy atom. The van der Waals surface area contributed by atoms with Crippen LogP contribution in [0.4, 0.5) is 0 Å². The van der Waals surface area contributed by atoms with Gasteiger partial charge >= 0.3 is 0 Å². The molecule has 1 aromatic rings. The van der Waals surface area contributed by atoms with Gasteiger partial charge in [0.1, 0.15) is 6.04 Å². The van der Waals surface area contributed by atoms with Gasteiger partial charge in [-0.25, -0.2) is 0 Å². The molecule has 1 saturated heterocycles. The summed E-state index contributed by atoms with van der Waals surface area (Å²) in [4.78, 5) is 39.7. The van der Waals surface area contributed by atoms with Gasteiger partial charge in [-0.05, 0) is 36.2 Å². The van der Waals surface area contributed by atoms with E-state index in [0.29, 0.717) is 18.5 Å². The third-order valence-electron chi connectivity index (χ3n) is 4.72. The van der Waals surface area contributed by atoms with Gasteiger partial charge in [-0.15, -0.1) is 0 Å². The maximum absolute atomic E-state index is 12.7. The SMILES string of the molecule is CN1Cc2cc3c(cc2C1)C(=O)N([C@@H]1CCC(=O)NC1=O)C3. The molecule has 1 fully saturated rings. The van der Waals surface area contributed by atoms with Crippen LogP contribution < -0.4 is 5.32 Å². The van der Waals surface area contributed by atoms with Crippen LogP contribution in [0.15, 0.2) is 12.1 Å². The monoisotopic (exact) mass is 299 g/mol. The van der Waals surface area contributed by atoms with E-state index in [1.807, 2.05) is 6.07 Å². The average Bonchev–Trinajstić information content (AvgIpc) is 2.96. The molecule has 0 radical (unpaired) electrons. The quantitative estimate of drug-likeness (QED) is 0.762. The number of imide groups is 1. The van der Waals surface area contributed by atoms with Gasteiger partial charge in [0.2, 0.25) is 11.8 Å². The summed E-state index contributed by atoms with van der Waals surface area (Å²) in [7, 11) is 2.06. The van der Waals surface area contributed by atoms with Crippen LogP contribution >= 0.6 is 0 Å². The van der Waals surface area contributed by atoms with E-state index in [-0.39, 0.29) is 24.1 Å². The molecular weight excluding hydrogens is 282 g/mol. The molecule has 3 aliphatic rings. The molecule has 114 valence electrons. The molecule has 0 aromatic heterocycles. The zero-order valence-electron chi connectivity index (χ0n) is 12.4. The van der Waals surface area contributed by atoms with Gasteiger partial charge in [-0.3, -0.25) is 24.6 Å². The highest BCUT2D eigenvalue weighted by atomic mass is 16.2. The summed E-state index contributed by atoms with van der Waals surface area (Å²) in [6.45, 7) is 2.21. The molecule has 0 unspecified atom stereocenters. The third kappa shape index (κ3) is 1.94. The number of piperidine rings is 1. The minimum Gasteiger partial charge on any atom is -0.322 e. The molecule has 4 rings (SSSR count). The van der Waals surface area contributed by atoms with Gasteiger partial charge in [0.05, 0.1) is 0 Å². The van der Waals surface area contributed by atoms with Crippen LogP contribution in [-0.2, 0) is 29.2 Å². The van der Waals surface area contributed by atoms with Crippen molar-refractivity contribution in [2.45, 2.75) is 38.5 Å². The molecule has 0 aliphatic carbocycles. The third-order valence-corrected chi connectivity index (χ3v) is 4.72. The molecule has 1 atom stereocenters. The molecule has 3 amide bonds. The normalized spacial score (nSPS) is 24.5. The summed E-state index contributed by atoms with van der Waals surface area (Å²) in [5.74, 6) is -0.709. The van der Waals surface area contributed by atoms with Gasteiger partial charge in [0.25, 0.3) is 5.91 Å². The first kappa shape index (κ1) is 13.5. The first-order valence-corrected chi connectivity index (χ1v) is 7.51. The van der Waals surface area contributed by atoms with Crippen LogP contribution in [0.1, 0.15) is 39.9 Å². The molecule has 0 saturated carbocycles. The van der Waals surface area contributed by atoms with E-state index in [2.05, 4.69) is 23.3 Å². The number of hydrogen-bond acceptors (Lipinski definition) is 4. The lowest BCUT2D eigenvalue weighted by Gasteiger charge is -2.29. The predicted octanol–water partition coefficient (Wildman–Crippen LogP) is 0.393. The number of benzene rings is 1. The lowest BCUT2D eigenvalue weighted by Crippen LogP contribution is -2.52. The molecule has 0 spiro atoms. The van der Waals surface area contributed by atoms with Crippen molar-refractivity contribution in [3.63, 3.8) is 0 Å². The highest BCUT2D eigenvalue weighted by Gasteiger charge is 2.39. The van der Waals surface area contributed by atoms with Crippen LogP contribution in [0.5, 0.6) is 0 Å². The number of nitrogens with one attached hydrogen (secondary N) is 1. The van der Waals surface area contributed by atoms with E-state index in [4.69, 9.17) is 0 Å². The summed E-state index contributed by atoms with van der Waals surface area (Å²) in [6.07, 6.45) is 0.699. The van der Waals surface area contributed by atoms with E-state index < -0.39 is 6.04 Å². The second-order valence-corrected chi connectivity index (χ2v) is 6.35. The van der Waals surface area contributed by atoms with E-state index >= 15 is 0 Å². The fourth-order valence-corrected chi connectivity index (χ4v) is 3.64. The fraction of sp³-hybridized carbons (Fsp3) is 0.438. The van der Waals surface area contributed by atoms with Crippen molar-refractivity contribution >= 4 is 17.7 Å². The van der Waals surface area contributed by atoms with E-state index in [9.17, 15) is 14.4 Å². The molecule has 6 nitrogen and oxygen atoms in total. The molecule has 3 heterocycles. The molecular formula is C16H17N3O3. The van der Waals surface area contributed by atoms with Crippen molar-refractivity contribution in [2.75, 3.05) is 7.05 Å². The summed E-state index contributed by atoms with van der Waals surface area (Å²) in [6, 6.07) is 3.54. The van der Waals surface area contributed by atoms with Crippen molar-refractivity contribution < 1.29 is 14.4 Å². The van der Waals surface area contributed by atoms with Crippen molar-refractivity contribution in [1.29, 1.82) is 0 Å². The van der Waals surface area contributed by atoms with Gasteiger partial charge in [0.15, 0.2) is 0 Å². The van der Waals surface area contributed by atoms with Crippen molar-refractivity contribution in [3.05, 3.63) is 34.4 Å². The average molecular weight is 299 g/mol. The Morgan fingerprint density at radius 1 is 1.05 bits per heavy atom. The smallest absolute Gasteiger partial charge is 0.255 e. The molecule has 3 aliphatic heterocycles. The number of fused-ring (bicyclic) bond motifs is 2. The van der Waals surface area contributed by atoms with Crippen LogP contribution in [0, 0.1) is 0 Å². The van der Waals surface area contributed by atoms with Crippen LogP contribution in [-0.4, -0.2) is 40.6 Å². The summed E-state index contributed by atoms with van der Waals surface area (Å²) < 4.78 is 0. The topological polar surface area (TPSA) is 69.7 Å². The first-order chi connectivity index (χ1) is 10.5. The molecule has 1 aromatic carbocycles. The fourth-order valence-electron chi connectivity index (χ4n) is 3.64. The van der Waals surface area contributed by atoms with Crippen LogP contribution in [0.2, 0.25) is 0 Å². The maximum Gasteiger partial charge on any atom is 0.255 e. The number of rotatable bonds is 1. The number of nitrogens with zero attached hydrogens (tertiary/aromatic N) is 2. The minimum absolute atomic E-state index is 0.0955. The van der Waals surface area contributed by atoms with Crippen molar-refractivity contribution in [3.8, 4) is 0 Å². The molecule has 0 bridgehead atoms. The Labute approximate surface area is 128 Å². The van der Waals surface area contributed by atoms with E-state index in [0.717, 1.165) is 18.7 Å². The van der Waals surface area contributed by atoms with Gasteiger partial charge in [0, 0.05) is 31.6 Å². The Bertz CT molecular complexity index is 713. The lowest BCUT2D eigenvalue weighted by molar-refractivity contribution is -0.136. The predicted molar refractivity (Wildman–Crippen MR) is 77.7 cm³/mol. The highest BCUT2D eigenvalue weighted by molar-refractivity contribution is 6.05. The molecule has 6 heteroatoms. The standard InChI is InChI=1S/C16H17N3O3/c1-18-6-9-4-11-8-19(13-2-3-14(20)17-15(13)21)16(22)12(11)5-10(9)7-18/h4-5,13H,2-3,6-8H2,1H3,(H,17,20,21)/t13-/m1/s1. The summed E-state index contributed by atoms with van der Waals surface area (Å²) >= 11 is 0. The number of amides is 3. The van der Waals surface area contributed by atoms with Gasteiger partial charge in [-0.2, -0.15) is 0 Å². The Balaban J connectivity index is 1.63. The van der Waals surface area contributed by atoms with E-state index in [1.54, 1.807) is 4.90 Å². The second kappa shape index (κ2) is 4.64. The number of carbonyl (C=O) groups excluding carboxylic acids is 3. The van der Waals surface area contributed by atoms with Crippen molar-refractivity contribution in [1.82, 2.24) is 15.1 Å². The Morgan fingerprint density at radius 2 is 1.77 bits per heavy atom. The second-order valence-electron chi connectivity index (χ2n) is 6.35. The largest absolute Gasteiger partial charge is 0.322 e. The number of hydrogen-bond donors (Lipinski definition) is 1. The molecule has 22 heavy (non-hydrogen) atoms. The minimum atomic E-state index is -0.532. The Hall–Kier alpha value is -2.21. The van der Waals surface area contributed by atoms with E-state index in [1.165, 1.54) is 11.1 Å². The van der Waals surface area contributed by atoms with Crippen LogP contribution in [0.25, 0.3) is 0 Å². The highest BCUT2D eigenvalue weighted by Crippen LogP contribution is 2.32. The zero-order valence-corrected chi connectivity index (χ0v) is 12.4. The maximum atomic E-state index is 12.7. The first-order valence-electron chi connectivity index (χ1n) is 7.51. The molecule has 1 N–H and O–H groups in total.